The van der Waals surface area contributed by atoms with E-state index in [1.165, 1.54) is 0 Å². The number of hydrogen-bond acceptors (Lipinski definition) is 4. The van der Waals surface area contributed by atoms with E-state index in [2.05, 4.69) is 19.9 Å². The summed E-state index contributed by atoms with van der Waals surface area (Å²) >= 11 is 0. The predicted molar refractivity (Wildman–Crippen MR) is 57.9 cm³/mol. The third-order valence-electron chi connectivity index (χ3n) is 2.69. The molecule has 16 heavy (non-hydrogen) atoms. The van der Waals surface area contributed by atoms with Gasteiger partial charge in [0.05, 0.1) is 24.3 Å². The van der Waals surface area contributed by atoms with E-state index < -0.39 is 6.10 Å². The Morgan fingerprint density at radius 2 is 2.31 bits per heavy atom. The maximum absolute atomic E-state index is 9.82. The Balaban J connectivity index is 2.34. The molecule has 0 radical (unpaired) electrons. The number of H-pyrrole nitrogens is 1. The molecule has 3 aromatic heterocycles. The minimum Gasteiger partial charge on any atom is -0.387 e. The molecule has 3 aromatic rings. The van der Waals surface area contributed by atoms with Gasteiger partial charge in [-0.2, -0.15) is 0 Å². The lowest BCUT2D eigenvalue weighted by Crippen LogP contribution is -2.01. The fraction of sp³-hybridized carbons (Fsp3) is 0.300. The molecule has 0 saturated carbocycles. The molecule has 0 bridgehead atoms. The molecular weight excluding hydrogens is 206 g/mol. The van der Waals surface area contributed by atoms with Crippen LogP contribution in [-0.4, -0.2) is 29.4 Å². The molecule has 0 aliphatic carbocycles. The van der Waals surface area contributed by atoms with Crippen LogP contribution in [0.2, 0.25) is 0 Å². The fourth-order valence-electron chi connectivity index (χ4n) is 1.80. The zero-order valence-electron chi connectivity index (χ0n) is 8.75. The van der Waals surface area contributed by atoms with Gasteiger partial charge in [-0.3, -0.25) is 4.40 Å². The number of nitrogens with one attached hydrogen (secondary N) is 1. The number of aromatic nitrogens is 5. The maximum atomic E-state index is 9.82. The molecule has 1 atom stereocenters. The molecule has 3 rings (SSSR count). The molecule has 3 heterocycles. The lowest BCUT2D eigenvalue weighted by atomic mass is 10.2. The van der Waals surface area contributed by atoms with Crippen LogP contribution in [0.1, 0.15) is 25.1 Å². The van der Waals surface area contributed by atoms with Crippen molar-refractivity contribution in [2.45, 2.75) is 19.4 Å². The summed E-state index contributed by atoms with van der Waals surface area (Å²) in [4.78, 5) is 15.5. The molecule has 6 heteroatoms. The Morgan fingerprint density at radius 3 is 3.12 bits per heavy atom. The molecule has 6 nitrogen and oxygen atoms in total. The molecule has 0 fully saturated rings. The monoisotopic (exact) mass is 217 g/mol. The molecule has 0 saturated heterocycles. The van der Waals surface area contributed by atoms with Crippen molar-refractivity contribution in [1.29, 1.82) is 0 Å². The quantitative estimate of drug-likeness (QED) is 0.672. The van der Waals surface area contributed by atoms with E-state index in [0.717, 1.165) is 16.9 Å². The average Bonchev–Trinajstić information content (AvgIpc) is 2.92. The maximum Gasteiger partial charge on any atom is 0.182 e. The zero-order chi connectivity index (χ0) is 11.1. The average molecular weight is 217 g/mol. The van der Waals surface area contributed by atoms with Crippen LogP contribution in [0.25, 0.3) is 16.8 Å². The van der Waals surface area contributed by atoms with Crippen molar-refractivity contribution in [3.05, 3.63) is 24.5 Å². The van der Waals surface area contributed by atoms with Gasteiger partial charge in [-0.05, 0) is 6.42 Å². The minimum absolute atomic E-state index is 0.517. The van der Waals surface area contributed by atoms with Crippen molar-refractivity contribution in [3.8, 4) is 0 Å². The van der Waals surface area contributed by atoms with Crippen molar-refractivity contribution in [3.63, 3.8) is 0 Å². The number of aliphatic hydroxyl groups is 1. The standard InChI is InChI=1S/C10H11N5O/c1-2-7(16)6-3-11-10-8-9(13-4-12-8)14-5-15(6)10/h3-5,7,16H,2H2,1H3,(H,12,13). The smallest absolute Gasteiger partial charge is 0.182 e. The van der Waals surface area contributed by atoms with Crippen molar-refractivity contribution < 1.29 is 5.11 Å². The highest BCUT2D eigenvalue weighted by Gasteiger charge is 2.13. The van der Waals surface area contributed by atoms with Gasteiger partial charge in [-0.25, -0.2) is 15.0 Å². The number of fused-ring (bicyclic) bond motifs is 3. The summed E-state index contributed by atoms with van der Waals surface area (Å²) < 4.78 is 1.79. The van der Waals surface area contributed by atoms with Crippen molar-refractivity contribution in [1.82, 2.24) is 24.3 Å². The summed E-state index contributed by atoms with van der Waals surface area (Å²) in [7, 11) is 0. The van der Waals surface area contributed by atoms with E-state index in [4.69, 9.17) is 0 Å². The van der Waals surface area contributed by atoms with Crippen molar-refractivity contribution in [2.24, 2.45) is 0 Å². The van der Waals surface area contributed by atoms with Crippen LogP contribution < -0.4 is 0 Å². The molecular formula is C10H11N5O. The zero-order valence-corrected chi connectivity index (χ0v) is 8.75. The summed E-state index contributed by atoms with van der Waals surface area (Å²) in [5.74, 6) is 0. The topological polar surface area (TPSA) is 79.1 Å². The highest BCUT2D eigenvalue weighted by Crippen LogP contribution is 2.20. The van der Waals surface area contributed by atoms with Crippen LogP contribution in [0.4, 0.5) is 0 Å². The predicted octanol–water partition coefficient (Wildman–Crippen LogP) is 1.05. The summed E-state index contributed by atoms with van der Waals surface area (Å²) in [6.07, 6.45) is 5.03. The first-order valence-corrected chi connectivity index (χ1v) is 5.14. The number of hydrogen-bond donors (Lipinski definition) is 2. The van der Waals surface area contributed by atoms with E-state index >= 15 is 0 Å². The van der Waals surface area contributed by atoms with E-state index in [1.807, 2.05) is 6.92 Å². The summed E-state index contributed by atoms with van der Waals surface area (Å²) in [5, 5.41) is 9.82. The number of aromatic amines is 1. The van der Waals surface area contributed by atoms with Gasteiger partial charge in [0.2, 0.25) is 0 Å². The highest BCUT2D eigenvalue weighted by atomic mass is 16.3. The first-order valence-electron chi connectivity index (χ1n) is 5.14. The van der Waals surface area contributed by atoms with Gasteiger partial charge in [0.25, 0.3) is 0 Å². The third-order valence-corrected chi connectivity index (χ3v) is 2.69. The molecule has 0 amide bonds. The van der Waals surface area contributed by atoms with Crippen LogP contribution >= 0.6 is 0 Å². The first kappa shape index (κ1) is 9.29. The second kappa shape index (κ2) is 3.28. The van der Waals surface area contributed by atoms with Crippen LogP contribution in [0.3, 0.4) is 0 Å². The summed E-state index contributed by atoms with van der Waals surface area (Å²) in [6, 6.07) is 0. The first-order chi connectivity index (χ1) is 7.81. The highest BCUT2D eigenvalue weighted by molar-refractivity contribution is 5.84. The van der Waals surface area contributed by atoms with Gasteiger partial charge >= 0.3 is 0 Å². The molecule has 0 aliphatic rings. The Labute approximate surface area is 91.0 Å². The largest absolute Gasteiger partial charge is 0.387 e. The van der Waals surface area contributed by atoms with Crippen LogP contribution in [0.5, 0.6) is 0 Å². The lowest BCUT2D eigenvalue weighted by Gasteiger charge is -2.06. The number of aliphatic hydroxyl groups excluding tert-OH is 1. The van der Waals surface area contributed by atoms with Gasteiger partial charge in [-0.15, -0.1) is 0 Å². The van der Waals surface area contributed by atoms with Crippen molar-refractivity contribution in [2.75, 3.05) is 0 Å². The van der Waals surface area contributed by atoms with Crippen molar-refractivity contribution >= 4 is 16.8 Å². The normalized spacial score (nSPS) is 13.6. The van der Waals surface area contributed by atoms with E-state index in [9.17, 15) is 5.11 Å². The van der Waals surface area contributed by atoms with E-state index in [-0.39, 0.29) is 0 Å². The minimum atomic E-state index is -0.517. The molecule has 0 aromatic carbocycles. The van der Waals surface area contributed by atoms with E-state index in [0.29, 0.717) is 12.1 Å². The van der Waals surface area contributed by atoms with E-state index in [1.54, 1.807) is 23.3 Å². The SMILES string of the molecule is CCC(O)c1cnc2c3[nH]cnc3ncn12. The van der Waals surface area contributed by atoms with Gasteiger partial charge in [-0.1, -0.05) is 6.92 Å². The van der Waals surface area contributed by atoms with Gasteiger partial charge in [0.1, 0.15) is 11.8 Å². The van der Waals surface area contributed by atoms with Crippen LogP contribution in [0, 0.1) is 0 Å². The molecule has 0 aliphatic heterocycles. The summed E-state index contributed by atoms with van der Waals surface area (Å²) in [6.45, 7) is 1.92. The van der Waals surface area contributed by atoms with Crippen LogP contribution in [-0.2, 0) is 0 Å². The fourth-order valence-corrected chi connectivity index (χ4v) is 1.80. The number of nitrogens with zero attached hydrogens (tertiary/aromatic N) is 4. The van der Waals surface area contributed by atoms with Gasteiger partial charge in [0.15, 0.2) is 11.3 Å². The number of rotatable bonds is 2. The molecule has 82 valence electrons. The third kappa shape index (κ3) is 1.13. The Bertz CT molecular complexity index is 641. The van der Waals surface area contributed by atoms with Gasteiger partial charge in [0, 0.05) is 0 Å². The molecule has 0 spiro atoms. The van der Waals surface area contributed by atoms with Gasteiger partial charge < -0.3 is 10.1 Å². The second-order valence-corrected chi connectivity index (χ2v) is 3.65. The lowest BCUT2D eigenvalue weighted by molar-refractivity contribution is 0.168. The Morgan fingerprint density at radius 1 is 1.44 bits per heavy atom. The second-order valence-electron chi connectivity index (χ2n) is 3.65. The number of imidazole rings is 2. The Kier molecular flexibility index (Phi) is 1.90. The summed E-state index contributed by atoms with van der Waals surface area (Å²) in [5.41, 5.74) is 2.92. The van der Waals surface area contributed by atoms with Crippen LogP contribution in [0.15, 0.2) is 18.9 Å². The molecule has 1 unspecified atom stereocenters. The Hall–Kier alpha value is -1.95. The molecule has 2 N–H and O–H groups in total.